The summed E-state index contributed by atoms with van der Waals surface area (Å²) in [4.78, 5) is 30.3. The molecule has 44 heavy (non-hydrogen) atoms. The fourth-order valence-electron chi connectivity index (χ4n) is 6.00. The number of carbonyl (C=O) groups excluding carboxylic acids is 2. The second-order valence-corrected chi connectivity index (χ2v) is 13.1. The zero-order valence-corrected chi connectivity index (χ0v) is 26.5. The van der Waals surface area contributed by atoms with Crippen molar-refractivity contribution in [1.29, 1.82) is 0 Å². The van der Waals surface area contributed by atoms with Crippen LogP contribution in [0.2, 0.25) is 0 Å². The van der Waals surface area contributed by atoms with Gasteiger partial charge in [-0.2, -0.15) is 0 Å². The minimum Gasteiger partial charge on any atom is -0.444 e. The number of ether oxygens (including phenoxy) is 1. The third-order valence-corrected chi connectivity index (χ3v) is 8.24. The van der Waals surface area contributed by atoms with Crippen molar-refractivity contribution < 1.29 is 18.7 Å². The molecule has 0 radical (unpaired) electrons. The smallest absolute Gasteiger partial charge is 0.410 e. The van der Waals surface area contributed by atoms with Crippen molar-refractivity contribution in [3.05, 3.63) is 82.9 Å². The number of nitrogens with zero attached hydrogens (tertiary/aromatic N) is 5. The van der Waals surface area contributed by atoms with Crippen LogP contribution in [0.5, 0.6) is 0 Å². The summed E-state index contributed by atoms with van der Waals surface area (Å²) in [5.74, 6) is -0.396. The molecular formula is C34H43FN6O3. The number of aryl methyl sites for hydroxylation is 1. The van der Waals surface area contributed by atoms with Crippen molar-refractivity contribution in [2.75, 3.05) is 13.1 Å². The molecule has 2 aliphatic rings. The predicted octanol–water partition coefficient (Wildman–Crippen LogP) is 5.91. The van der Waals surface area contributed by atoms with Gasteiger partial charge in [0.05, 0.1) is 23.1 Å². The zero-order chi connectivity index (χ0) is 31.6. The molecule has 0 spiro atoms. The topological polar surface area (TPSA) is 92.6 Å². The van der Waals surface area contributed by atoms with E-state index in [9.17, 15) is 14.0 Å². The maximum absolute atomic E-state index is 13.5. The molecule has 3 aromatic rings. The van der Waals surface area contributed by atoms with Crippen LogP contribution in [0.3, 0.4) is 0 Å². The average molecular weight is 603 g/mol. The van der Waals surface area contributed by atoms with Crippen molar-refractivity contribution in [2.24, 2.45) is 0 Å². The first-order valence-electron chi connectivity index (χ1n) is 15.4. The molecular weight excluding hydrogens is 559 g/mol. The molecule has 1 aliphatic heterocycles. The van der Waals surface area contributed by atoms with Crippen LogP contribution in [0.4, 0.5) is 9.18 Å². The molecule has 1 aromatic heterocycles. The van der Waals surface area contributed by atoms with E-state index in [0.717, 1.165) is 29.7 Å². The third-order valence-electron chi connectivity index (χ3n) is 8.24. The Hall–Kier alpha value is -4.05. The van der Waals surface area contributed by atoms with Crippen molar-refractivity contribution in [3.8, 4) is 5.69 Å². The Morgan fingerprint density at radius 3 is 2.41 bits per heavy atom. The fourth-order valence-corrected chi connectivity index (χ4v) is 6.00. The number of allylic oxidation sites excluding steroid dienone is 1. The van der Waals surface area contributed by atoms with Gasteiger partial charge in [0.25, 0.3) is 5.91 Å². The van der Waals surface area contributed by atoms with Gasteiger partial charge >= 0.3 is 6.09 Å². The molecule has 1 aliphatic carbocycles. The second kappa shape index (κ2) is 12.9. The van der Waals surface area contributed by atoms with Crippen LogP contribution in [-0.4, -0.2) is 73.6 Å². The highest BCUT2D eigenvalue weighted by Gasteiger charge is 2.34. The summed E-state index contributed by atoms with van der Waals surface area (Å²) in [6.45, 7) is 13.5. The third kappa shape index (κ3) is 7.53. The summed E-state index contributed by atoms with van der Waals surface area (Å²) in [6, 6.07) is 12.5. The summed E-state index contributed by atoms with van der Waals surface area (Å²) >= 11 is 0. The van der Waals surface area contributed by atoms with Crippen LogP contribution >= 0.6 is 0 Å². The number of piperazine rings is 1. The fraction of sp³-hybridized carbons (Fsp3) is 0.471. The number of amides is 2. The van der Waals surface area contributed by atoms with E-state index < -0.39 is 5.60 Å². The highest BCUT2D eigenvalue weighted by Crippen LogP contribution is 2.28. The van der Waals surface area contributed by atoms with Gasteiger partial charge in [0, 0.05) is 37.8 Å². The number of rotatable bonds is 6. The van der Waals surface area contributed by atoms with Crippen LogP contribution < -0.4 is 5.32 Å². The standard InChI is InChI=1S/C34H43FN6O3/c1-22-7-16-30(32(42)36-28-14-10-26(11-15-28)25-8-12-27(35)13-9-25)31(17-22)41-21-29(37-38-41)20-40-23(2)18-39(19-24(40)3)33(43)44-34(4,5)6/h7-10,12-13,16-17,21,23-24,28H,11,14-15,18-20H2,1-6H3,(H,36,42)/t23-,24+,28?. The minimum atomic E-state index is -0.535. The van der Waals surface area contributed by atoms with Gasteiger partial charge in [0.2, 0.25) is 0 Å². The van der Waals surface area contributed by atoms with E-state index in [-0.39, 0.29) is 35.9 Å². The minimum absolute atomic E-state index is 0.00878. The Morgan fingerprint density at radius 1 is 1.07 bits per heavy atom. The second-order valence-electron chi connectivity index (χ2n) is 13.1. The first-order valence-corrected chi connectivity index (χ1v) is 15.4. The Balaban J connectivity index is 1.24. The van der Waals surface area contributed by atoms with Crippen LogP contribution in [0, 0.1) is 12.7 Å². The molecule has 3 atom stereocenters. The molecule has 9 nitrogen and oxygen atoms in total. The van der Waals surface area contributed by atoms with Crippen LogP contribution in [0.1, 0.15) is 81.1 Å². The first kappa shape index (κ1) is 31.4. The Labute approximate surface area is 259 Å². The lowest BCUT2D eigenvalue weighted by molar-refractivity contribution is -0.00997. The number of benzene rings is 2. The van der Waals surface area contributed by atoms with Crippen LogP contribution in [0.15, 0.2) is 54.7 Å². The van der Waals surface area contributed by atoms with Crippen molar-refractivity contribution in [3.63, 3.8) is 0 Å². The van der Waals surface area contributed by atoms with Gasteiger partial charge < -0.3 is 15.0 Å². The monoisotopic (exact) mass is 602 g/mol. The molecule has 2 aromatic carbocycles. The molecule has 2 amide bonds. The van der Waals surface area contributed by atoms with Gasteiger partial charge in [-0.3, -0.25) is 9.69 Å². The Bertz CT molecular complexity index is 1510. The largest absolute Gasteiger partial charge is 0.444 e. The summed E-state index contributed by atoms with van der Waals surface area (Å²) in [5, 5.41) is 12.1. The number of hydrogen-bond donors (Lipinski definition) is 1. The number of nitrogens with one attached hydrogen (secondary N) is 1. The number of hydrogen-bond acceptors (Lipinski definition) is 6. The van der Waals surface area contributed by atoms with Crippen LogP contribution in [-0.2, 0) is 11.3 Å². The molecule has 0 saturated carbocycles. The van der Waals surface area contributed by atoms with Crippen LogP contribution in [0.25, 0.3) is 11.3 Å². The number of halogens is 1. The molecule has 10 heteroatoms. The molecule has 1 unspecified atom stereocenters. The van der Waals surface area contributed by atoms with E-state index in [2.05, 4.69) is 40.5 Å². The van der Waals surface area contributed by atoms with E-state index >= 15 is 0 Å². The van der Waals surface area contributed by atoms with Gasteiger partial charge in [0.15, 0.2) is 0 Å². The molecule has 234 valence electrons. The summed E-state index contributed by atoms with van der Waals surface area (Å²) in [6.07, 6.45) is 6.06. The van der Waals surface area contributed by atoms with E-state index in [4.69, 9.17) is 4.74 Å². The Kier molecular flexibility index (Phi) is 9.20. The molecule has 1 saturated heterocycles. The lowest BCUT2D eigenvalue weighted by atomic mass is 9.90. The molecule has 5 rings (SSSR count). The lowest BCUT2D eigenvalue weighted by Crippen LogP contribution is -2.58. The van der Waals surface area contributed by atoms with Gasteiger partial charge in [-0.05, 0) is 102 Å². The summed E-state index contributed by atoms with van der Waals surface area (Å²) in [7, 11) is 0. The maximum Gasteiger partial charge on any atom is 0.410 e. The van der Waals surface area contributed by atoms with Gasteiger partial charge in [-0.15, -0.1) is 5.10 Å². The normalized spacial score (nSPS) is 21.1. The summed E-state index contributed by atoms with van der Waals surface area (Å²) < 4.78 is 20.6. The highest BCUT2D eigenvalue weighted by atomic mass is 19.1. The predicted molar refractivity (Wildman–Crippen MR) is 168 cm³/mol. The molecule has 2 heterocycles. The summed E-state index contributed by atoms with van der Waals surface area (Å²) in [5.41, 5.74) is 4.67. The molecule has 1 N–H and O–H groups in total. The number of aromatic nitrogens is 3. The SMILES string of the molecule is Cc1ccc(C(=O)NC2CC=C(c3ccc(F)cc3)CC2)c(-n2cc(CN3[C@H](C)CN(C(=O)OC(C)(C)C)C[C@@H]3C)nn2)c1. The van der Waals surface area contributed by atoms with Crippen molar-refractivity contribution >= 4 is 17.6 Å². The first-order chi connectivity index (χ1) is 20.9. The van der Waals surface area contributed by atoms with E-state index in [0.29, 0.717) is 37.3 Å². The van der Waals surface area contributed by atoms with E-state index in [1.807, 2.05) is 52.1 Å². The number of carbonyl (C=O) groups is 2. The van der Waals surface area contributed by atoms with Gasteiger partial charge in [0.1, 0.15) is 11.4 Å². The quantitative estimate of drug-likeness (QED) is 0.377. The zero-order valence-electron chi connectivity index (χ0n) is 26.5. The molecule has 1 fully saturated rings. The van der Waals surface area contributed by atoms with Crippen molar-refractivity contribution in [1.82, 2.24) is 30.1 Å². The van der Waals surface area contributed by atoms with E-state index in [1.165, 1.54) is 17.7 Å². The lowest BCUT2D eigenvalue weighted by Gasteiger charge is -2.44. The Morgan fingerprint density at radius 2 is 1.77 bits per heavy atom. The van der Waals surface area contributed by atoms with E-state index in [1.54, 1.807) is 21.7 Å². The van der Waals surface area contributed by atoms with Crippen molar-refractivity contribution in [2.45, 2.75) is 91.1 Å². The molecule has 0 bridgehead atoms. The van der Waals surface area contributed by atoms with Gasteiger partial charge in [-0.25, -0.2) is 13.9 Å². The highest BCUT2D eigenvalue weighted by molar-refractivity contribution is 5.98. The van der Waals surface area contributed by atoms with Gasteiger partial charge in [-0.1, -0.05) is 29.5 Å². The maximum atomic E-state index is 13.5. The average Bonchev–Trinajstić information content (AvgIpc) is 3.43.